The lowest BCUT2D eigenvalue weighted by Gasteiger charge is -2.09. The van der Waals surface area contributed by atoms with Crippen molar-refractivity contribution in [2.45, 2.75) is 20.8 Å². The Balaban J connectivity index is 2.37. The number of esters is 1. The predicted octanol–water partition coefficient (Wildman–Crippen LogP) is 2.34. The molecule has 0 aliphatic rings. The van der Waals surface area contributed by atoms with Crippen LogP contribution in [0.25, 0.3) is 5.69 Å². The lowest BCUT2D eigenvalue weighted by atomic mass is 10.3. The smallest absolute Gasteiger partial charge is 0.360 e. The van der Waals surface area contributed by atoms with Crippen LogP contribution >= 0.6 is 0 Å². The highest BCUT2D eigenvalue weighted by molar-refractivity contribution is 5.92. The lowest BCUT2D eigenvalue weighted by molar-refractivity contribution is 0.0521. The van der Waals surface area contributed by atoms with Crippen molar-refractivity contribution in [3.63, 3.8) is 0 Å². The number of carbonyl (C=O) groups excluding carboxylic acids is 1. The van der Waals surface area contributed by atoms with Crippen molar-refractivity contribution in [3.8, 4) is 11.4 Å². The number of imidazole rings is 1. The van der Waals surface area contributed by atoms with Crippen LogP contribution in [0.1, 0.15) is 30.2 Å². The van der Waals surface area contributed by atoms with Crippen LogP contribution in [-0.2, 0) is 4.74 Å². The topological polar surface area (TPSA) is 79.4 Å². The van der Waals surface area contributed by atoms with Gasteiger partial charge in [-0.05, 0) is 45.0 Å². The van der Waals surface area contributed by atoms with Gasteiger partial charge in [0.2, 0.25) is 0 Å². The lowest BCUT2D eigenvalue weighted by Crippen LogP contribution is -2.09. The first-order valence-corrected chi connectivity index (χ1v) is 6.83. The number of nitrogens with two attached hydrogens (primary N) is 1. The average Bonchev–Trinajstić information content (AvgIpc) is 2.76. The fourth-order valence-electron chi connectivity index (χ4n) is 2.08. The number of ether oxygens (including phenoxy) is 2. The molecule has 21 heavy (non-hydrogen) atoms. The van der Waals surface area contributed by atoms with Crippen molar-refractivity contribution < 1.29 is 14.3 Å². The van der Waals surface area contributed by atoms with Crippen LogP contribution in [0.3, 0.4) is 0 Å². The minimum atomic E-state index is -0.511. The fraction of sp³-hybridized carbons (Fsp3) is 0.333. The summed E-state index contributed by atoms with van der Waals surface area (Å²) in [5, 5.41) is 0. The number of hydrogen-bond acceptors (Lipinski definition) is 5. The van der Waals surface area contributed by atoms with E-state index in [-0.39, 0.29) is 18.1 Å². The zero-order chi connectivity index (χ0) is 15.4. The maximum Gasteiger partial charge on any atom is 0.360 e. The van der Waals surface area contributed by atoms with Crippen LogP contribution < -0.4 is 10.5 Å². The Labute approximate surface area is 123 Å². The van der Waals surface area contributed by atoms with Crippen molar-refractivity contribution in [3.05, 3.63) is 35.8 Å². The molecule has 0 atom stereocenters. The molecule has 0 saturated carbocycles. The third-order valence-corrected chi connectivity index (χ3v) is 2.96. The first-order valence-electron chi connectivity index (χ1n) is 6.83. The van der Waals surface area contributed by atoms with Crippen molar-refractivity contribution in [1.29, 1.82) is 0 Å². The SMILES string of the molecule is CCOC(=O)c1nc(C)n(-c2ccc(OCC)cc2)c1N. The van der Waals surface area contributed by atoms with Crippen molar-refractivity contribution in [2.75, 3.05) is 18.9 Å². The Morgan fingerprint density at radius 1 is 1.24 bits per heavy atom. The average molecular weight is 289 g/mol. The normalized spacial score (nSPS) is 10.4. The molecule has 6 heteroatoms. The molecular weight excluding hydrogens is 270 g/mol. The highest BCUT2D eigenvalue weighted by Gasteiger charge is 2.20. The van der Waals surface area contributed by atoms with E-state index in [0.717, 1.165) is 11.4 Å². The molecule has 6 nitrogen and oxygen atoms in total. The minimum Gasteiger partial charge on any atom is -0.494 e. The van der Waals surface area contributed by atoms with Gasteiger partial charge < -0.3 is 15.2 Å². The fourth-order valence-corrected chi connectivity index (χ4v) is 2.08. The second-order valence-electron chi connectivity index (χ2n) is 4.38. The van der Waals surface area contributed by atoms with Crippen LogP contribution in [0.2, 0.25) is 0 Å². The molecule has 2 N–H and O–H groups in total. The number of rotatable bonds is 5. The standard InChI is InChI=1S/C15H19N3O3/c1-4-20-12-8-6-11(7-9-12)18-10(3)17-13(14(18)16)15(19)21-5-2/h6-9H,4-5,16H2,1-3H3. The van der Waals surface area contributed by atoms with E-state index in [1.807, 2.05) is 31.2 Å². The number of carbonyl (C=O) groups is 1. The van der Waals surface area contributed by atoms with Crippen LogP contribution in [0.15, 0.2) is 24.3 Å². The molecule has 1 aromatic carbocycles. The third-order valence-electron chi connectivity index (χ3n) is 2.96. The number of benzene rings is 1. The van der Waals surface area contributed by atoms with Gasteiger partial charge in [-0.3, -0.25) is 4.57 Å². The van der Waals surface area contributed by atoms with E-state index in [2.05, 4.69) is 4.98 Å². The zero-order valence-corrected chi connectivity index (χ0v) is 12.4. The van der Waals surface area contributed by atoms with Gasteiger partial charge in [-0.25, -0.2) is 9.78 Å². The molecule has 1 aromatic heterocycles. The van der Waals surface area contributed by atoms with Crippen molar-refractivity contribution >= 4 is 11.8 Å². The summed E-state index contributed by atoms with van der Waals surface area (Å²) in [5.74, 6) is 1.17. The maximum absolute atomic E-state index is 11.8. The van der Waals surface area contributed by atoms with E-state index in [4.69, 9.17) is 15.2 Å². The quantitative estimate of drug-likeness (QED) is 0.855. The summed E-state index contributed by atoms with van der Waals surface area (Å²) in [5.41, 5.74) is 6.99. The second-order valence-corrected chi connectivity index (χ2v) is 4.38. The summed E-state index contributed by atoms with van der Waals surface area (Å²) in [6, 6.07) is 7.43. The summed E-state index contributed by atoms with van der Waals surface area (Å²) in [6.45, 7) is 6.35. The molecule has 0 aliphatic carbocycles. The van der Waals surface area contributed by atoms with Crippen LogP contribution in [-0.4, -0.2) is 28.7 Å². The van der Waals surface area contributed by atoms with Gasteiger partial charge in [0.1, 0.15) is 17.4 Å². The van der Waals surface area contributed by atoms with Crippen molar-refractivity contribution in [2.24, 2.45) is 0 Å². The van der Waals surface area contributed by atoms with Gasteiger partial charge in [0.15, 0.2) is 5.69 Å². The van der Waals surface area contributed by atoms with E-state index < -0.39 is 5.97 Å². The molecule has 0 spiro atoms. The van der Waals surface area contributed by atoms with Crippen LogP contribution in [0.5, 0.6) is 5.75 Å². The molecule has 0 unspecified atom stereocenters. The molecule has 0 fully saturated rings. The monoisotopic (exact) mass is 289 g/mol. The third kappa shape index (κ3) is 2.99. The predicted molar refractivity (Wildman–Crippen MR) is 79.8 cm³/mol. The molecule has 1 heterocycles. The maximum atomic E-state index is 11.8. The molecule has 2 aromatic rings. The Hall–Kier alpha value is -2.50. The van der Waals surface area contributed by atoms with Crippen LogP contribution in [0.4, 0.5) is 5.82 Å². The molecule has 2 rings (SSSR count). The first kappa shape index (κ1) is 14.9. The number of nitrogens with zero attached hydrogens (tertiary/aromatic N) is 2. The summed E-state index contributed by atoms with van der Waals surface area (Å²) >= 11 is 0. The number of aromatic nitrogens is 2. The van der Waals surface area contributed by atoms with Gasteiger partial charge in [-0.1, -0.05) is 0 Å². The largest absolute Gasteiger partial charge is 0.494 e. The molecule has 0 amide bonds. The summed E-state index contributed by atoms with van der Waals surface area (Å²) in [7, 11) is 0. The Morgan fingerprint density at radius 3 is 2.48 bits per heavy atom. The van der Waals surface area contributed by atoms with Gasteiger partial charge >= 0.3 is 5.97 Å². The number of anilines is 1. The zero-order valence-electron chi connectivity index (χ0n) is 12.4. The highest BCUT2D eigenvalue weighted by Crippen LogP contribution is 2.23. The first-order chi connectivity index (χ1) is 10.1. The van der Waals surface area contributed by atoms with Gasteiger partial charge in [0, 0.05) is 5.69 Å². The summed E-state index contributed by atoms with van der Waals surface area (Å²) in [4.78, 5) is 16.0. The molecule has 0 bridgehead atoms. The molecule has 0 aliphatic heterocycles. The number of aryl methyl sites for hydroxylation is 1. The van der Waals surface area contributed by atoms with Crippen molar-refractivity contribution in [1.82, 2.24) is 9.55 Å². The van der Waals surface area contributed by atoms with E-state index >= 15 is 0 Å². The number of hydrogen-bond donors (Lipinski definition) is 1. The molecular formula is C15H19N3O3. The van der Waals surface area contributed by atoms with E-state index in [9.17, 15) is 4.79 Å². The summed E-state index contributed by atoms with van der Waals surface area (Å²) in [6.07, 6.45) is 0. The number of nitrogen functional groups attached to an aromatic ring is 1. The molecule has 112 valence electrons. The highest BCUT2D eigenvalue weighted by atomic mass is 16.5. The van der Waals surface area contributed by atoms with Gasteiger partial charge in [-0.2, -0.15) is 0 Å². The Bertz CT molecular complexity index is 632. The molecule has 0 radical (unpaired) electrons. The minimum absolute atomic E-state index is 0.142. The van der Waals surface area contributed by atoms with E-state index in [1.54, 1.807) is 18.4 Å². The summed E-state index contributed by atoms with van der Waals surface area (Å²) < 4.78 is 12.1. The van der Waals surface area contributed by atoms with Gasteiger partial charge in [-0.15, -0.1) is 0 Å². The van der Waals surface area contributed by atoms with E-state index in [0.29, 0.717) is 12.4 Å². The van der Waals surface area contributed by atoms with E-state index in [1.165, 1.54) is 0 Å². The second kappa shape index (κ2) is 6.30. The van der Waals surface area contributed by atoms with Gasteiger partial charge in [0.25, 0.3) is 0 Å². The Kier molecular flexibility index (Phi) is 4.47. The van der Waals surface area contributed by atoms with Gasteiger partial charge in [0.05, 0.1) is 13.2 Å². The van der Waals surface area contributed by atoms with Crippen LogP contribution in [0, 0.1) is 6.92 Å². The Morgan fingerprint density at radius 2 is 1.90 bits per heavy atom. The molecule has 0 saturated heterocycles.